The van der Waals surface area contributed by atoms with Crippen molar-refractivity contribution in [2.75, 3.05) is 31.1 Å². The number of aliphatic hydroxyl groups is 1. The Hall–Kier alpha value is -1.75. The zero-order valence-electron chi connectivity index (χ0n) is 17.3. The number of benzene rings is 3. The second kappa shape index (κ2) is 9.40. The summed E-state index contributed by atoms with van der Waals surface area (Å²) in [5, 5.41) is 13.1. The van der Waals surface area contributed by atoms with Gasteiger partial charge < -0.3 is 10.0 Å². The molecule has 0 spiro atoms. The maximum Gasteiger partial charge on any atom is 0.0994 e. The van der Waals surface area contributed by atoms with E-state index in [2.05, 4.69) is 21.9 Å². The minimum absolute atomic E-state index is 0.0660. The van der Waals surface area contributed by atoms with E-state index < -0.39 is 5.60 Å². The van der Waals surface area contributed by atoms with Crippen molar-refractivity contribution < 1.29 is 5.11 Å². The zero-order chi connectivity index (χ0) is 22.0. The first-order valence-corrected chi connectivity index (χ1v) is 11.4. The lowest BCUT2D eigenvalue weighted by atomic mass is 9.94. The van der Waals surface area contributed by atoms with Crippen molar-refractivity contribution in [2.24, 2.45) is 0 Å². The van der Waals surface area contributed by atoms with Crippen LogP contribution in [0.4, 0.5) is 5.69 Å². The smallest absolute Gasteiger partial charge is 0.0994 e. The number of hydrogen-bond donors (Lipinski definition) is 1. The summed E-state index contributed by atoms with van der Waals surface area (Å²) in [6.45, 7) is 4.76. The molecule has 0 amide bonds. The maximum absolute atomic E-state index is 11.2. The SMILES string of the molecule is C[C@@](O)(CN1CCN(c2ccc(Cl)cc2Cl)[C@H](c2ccc(Cl)cc2)C1)c1ccccc1. The fraction of sp³-hybridized carbons (Fsp3) is 0.280. The lowest BCUT2D eigenvalue weighted by molar-refractivity contribution is 0.0103. The quantitative estimate of drug-likeness (QED) is 0.461. The molecule has 1 aliphatic rings. The Kier molecular flexibility index (Phi) is 6.80. The third-order valence-electron chi connectivity index (χ3n) is 5.87. The highest BCUT2D eigenvalue weighted by molar-refractivity contribution is 6.36. The predicted molar refractivity (Wildman–Crippen MR) is 130 cm³/mol. The summed E-state index contributed by atoms with van der Waals surface area (Å²) in [4.78, 5) is 4.63. The first-order valence-electron chi connectivity index (χ1n) is 10.3. The molecule has 1 N–H and O–H groups in total. The summed E-state index contributed by atoms with van der Waals surface area (Å²) in [6, 6.07) is 23.5. The molecule has 0 aliphatic carbocycles. The molecule has 4 rings (SSSR count). The predicted octanol–water partition coefficient (Wildman–Crippen LogP) is 6.42. The van der Waals surface area contributed by atoms with Crippen molar-refractivity contribution in [3.63, 3.8) is 0 Å². The van der Waals surface area contributed by atoms with E-state index in [-0.39, 0.29) is 6.04 Å². The molecule has 1 heterocycles. The van der Waals surface area contributed by atoms with Gasteiger partial charge in [-0.15, -0.1) is 0 Å². The van der Waals surface area contributed by atoms with Crippen LogP contribution in [0.3, 0.4) is 0 Å². The number of halogens is 3. The van der Waals surface area contributed by atoms with Crippen molar-refractivity contribution in [1.29, 1.82) is 0 Å². The fourth-order valence-corrected chi connectivity index (χ4v) is 4.92. The molecule has 1 aliphatic heterocycles. The molecule has 0 unspecified atom stereocenters. The van der Waals surface area contributed by atoms with E-state index in [9.17, 15) is 5.11 Å². The van der Waals surface area contributed by atoms with Gasteiger partial charge >= 0.3 is 0 Å². The molecule has 1 saturated heterocycles. The molecule has 0 saturated carbocycles. The molecule has 0 bridgehead atoms. The molecule has 2 atom stereocenters. The third-order valence-corrected chi connectivity index (χ3v) is 6.66. The summed E-state index contributed by atoms with van der Waals surface area (Å²) in [5.41, 5.74) is 2.09. The number of β-amino-alcohol motifs (C(OH)–C–C–N with tert-alkyl or cyclic N) is 1. The van der Waals surface area contributed by atoms with Crippen LogP contribution in [0.15, 0.2) is 72.8 Å². The Morgan fingerprint density at radius 1 is 0.903 bits per heavy atom. The molecular weight excluding hydrogens is 451 g/mol. The maximum atomic E-state index is 11.2. The van der Waals surface area contributed by atoms with Crippen LogP contribution in [-0.2, 0) is 5.60 Å². The summed E-state index contributed by atoms with van der Waals surface area (Å²) >= 11 is 18.8. The van der Waals surface area contributed by atoms with Crippen LogP contribution in [0, 0.1) is 0 Å². The Balaban J connectivity index is 1.62. The molecule has 6 heteroatoms. The van der Waals surface area contributed by atoms with Crippen LogP contribution in [0.1, 0.15) is 24.1 Å². The van der Waals surface area contributed by atoms with Gasteiger partial charge in [-0.1, -0.05) is 77.3 Å². The second-order valence-electron chi connectivity index (χ2n) is 8.23. The lowest BCUT2D eigenvalue weighted by Crippen LogP contribution is -2.52. The van der Waals surface area contributed by atoms with Crippen molar-refractivity contribution in [3.8, 4) is 0 Å². The van der Waals surface area contributed by atoms with E-state index in [1.807, 2.05) is 61.5 Å². The van der Waals surface area contributed by atoms with E-state index >= 15 is 0 Å². The topological polar surface area (TPSA) is 26.7 Å². The van der Waals surface area contributed by atoms with Crippen molar-refractivity contribution in [3.05, 3.63) is 99.0 Å². The first-order chi connectivity index (χ1) is 14.8. The molecule has 3 nitrogen and oxygen atoms in total. The Labute approximate surface area is 198 Å². The lowest BCUT2D eigenvalue weighted by Gasteiger charge is -2.45. The molecule has 1 fully saturated rings. The number of rotatable bonds is 5. The van der Waals surface area contributed by atoms with Gasteiger partial charge in [0, 0.05) is 36.2 Å². The molecule has 3 aromatic carbocycles. The van der Waals surface area contributed by atoms with E-state index in [0.29, 0.717) is 21.6 Å². The van der Waals surface area contributed by atoms with Crippen LogP contribution in [-0.4, -0.2) is 36.2 Å². The monoisotopic (exact) mass is 474 g/mol. The molecule has 162 valence electrons. The van der Waals surface area contributed by atoms with Gasteiger partial charge in [0.25, 0.3) is 0 Å². The third kappa shape index (κ3) is 5.19. The Morgan fingerprint density at radius 2 is 1.58 bits per heavy atom. The standard InChI is InChI=1S/C25H25Cl3N2O/c1-25(31,19-5-3-2-4-6-19)17-29-13-14-30(23-12-11-21(27)15-22(23)28)24(16-29)18-7-9-20(26)10-8-18/h2-12,15,24,31H,13-14,16-17H2,1H3/t24-,25+/m0/s1. The second-order valence-corrected chi connectivity index (χ2v) is 9.51. The van der Waals surface area contributed by atoms with Crippen LogP contribution in [0.5, 0.6) is 0 Å². The highest BCUT2D eigenvalue weighted by Gasteiger charge is 2.33. The molecule has 0 aromatic heterocycles. The summed E-state index contributed by atoms with van der Waals surface area (Å²) < 4.78 is 0. The van der Waals surface area contributed by atoms with E-state index in [0.717, 1.165) is 36.4 Å². The van der Waals surface area contributed by atoms with E-state index in [1.54, 1.807) is 6.07 Å². The summed E-state index contributed by atoms with van der Waals surface area (Å²) in [7, 11) is 0. The number of piperazine rings is 1. The Bertz CT molecular complexity index is 1020. The van der Waals surface area contributed by atoms with Crippen molar-refractivity contribution >= 4 is 40.5 Å². The van der Waals surface area contributed by atoms with Crippen LogP contribution >= 0.6 is 34.8 Å². The average molecular weight is 476 g/mol. The van der Waals surface area contributed by atoms with Gasteiger partial charge in [-0.2, -0.15) is 0 Å². The van der Waals surface area contributed by atoms with Crippen LogP contribution in [0.25, 0.3) is 0 Å². The van der Waals surface area contributed by atoms with E-state index in [4.69, 9.17) is 34.8 Å². The Morgan fingerprint density at radius 3 is 2.26 bits per heavy atom. The van der Waals surface area contributed by atoms with Gasteiger partial charge in [-0.05, 0) is 48.4 Å². The van der Waals surface area contributed by atoms with E-state index in [1.165, 1.54) is 0 Å². The molecule has 31 heavy (non-hydrogen) atoms. The van der Waals surface area contributed by atoms with Crippen molar-refractivity contribution in [2.45, 2.75) is 18.6 Å². The highest BCUT2D eigenvalue weighted by Crippen LogP contribution is 2.37. The summed E-state index contributed by atoms with van der Waals surface area (Å²) in [5.74, 6) is 0. The number of hydrogen-bond acceptors (Lipinski definition) is 3. The van der Waals surface area contributed by atoms with Gasteiger partial charge in [0.05, 0.1) is 22.4 Å². The first kappa shape index (κ1) is 22.4. The normalized spacial score (nSPS) is 19.3. The van der Waals surface area contributed by atoms with Gasteiger partial charge in [0.15, 0.2) is 0 Å². The number of nitrogens with zero attached hydrogens (tertiary/aromatic N) is 2. The van der Waals surface area contributed by atoms with Crippen molar-refractivity contribution in [1.82, 2.24) is 4.90 Å². The van der Waals surface area contributed by atoms with Crippen LogP contribution in [0.2, 0.25) is 15.1 Å². The number of anilines is 1. The van der Waals surface area contributed by atoms with Gasteiger partial charge in [-0.3, -0.25) is 4.90 Å². The molecule has 0 radical (unpaired) electrons. The fourth-order valence-electron chi connectivity index (χ4n) is 4.28. The minimum atomic E-state index is -0.939. The molecular formula is C25H25Cl3N2O. The zero-order valence-corrected chi connectivity index (χ0v) is 19.6. The molecule has 3 aromatic rings. The van der Waals surface area contributed by atoms with Gasteiger partial charge in [-0.25, -0.2) is 0 Å². The largest absolute Gasteiger partial charge is 0.384 e. The minimum Gasteiger partial charge on any atom is -0.384 e. The summed E-state index contributed by atoms with van der Waals surface area (Å²) in [6.07, 6.45) is 0. The average Bonchev–Trinajstić information content (AvgIpc) is 2.75. The van der Waals surface area contributed by atoms with Gasteiger partial charge in [0.1, 0.15) is 0 Å². The van der Waals surface area contributed by atoms with Crippen LogP contribution < -0.4 is 4.90 Å². The van der Waals surface area contributed by atoms with Gasteiger partial charge in [0.2, 0.25) is 0 Å². The highest BCUT2D eigenvalue weighted by atomic mass is 35.5.